The van der Waals surface area contributed by atoms with Crippen LogP contribution in [0.2, 0.25) is 0 Å². The van der Waals surface area contributed by atoms with Gasteiger partial charge in [0.15, 0.2) is 0 Å². The van der Waals surface area contributed by atoms with E-state index < -0.39 is 43.5 Å². The largest absolute Gasteiger partial charge is 0.364 e. The number of hydrogen-bond acceptors (Lipinski definition) is 11. The quantitative estimate of drug-likeness (QED) is 0.565. The zero-order chi connectivity index (χ0) is 16.4. The van der Waals surface area contributed by atoms with Crippen LogP contribution < -0.4 is 10.6 Å². The summed E-state index contributed by atoms with van der Waals surface area (Å²) in [5.74, 6) is -1.35. The highest BCUT2D eigenvalue weighted by molar-refractivity contribution is 5.65. The average molecular weight is 312 g/mol. The van der Waals surface area contributed by atoms with Crippen molar-refractivity contribution in [2.45, 2.75) is 0 Å². The maximum atomic E-state index is 11.0. The van der Waals surface area contributed by atoms with E-state index >= 15 is 0 Å². The van der Waals surface area contributed by atoms with Crippen LogP contribution in [0.15, 0.2) is 12.1 Å². The number of rotatable bonds is 5. The summed E-state index contributed by atoms with van der Waals surface area (Å²) in [7, 11) is 0. The van der Waals surface area contributed by atoms with Gasteiger partial charge in [-0.2, -0.15) is 0 Å². The molecule has 15 heteroatoms. The molecule has 1 aromatic heterocycles. The summed E-state index contributed by atoms with van der Waals surface area (Å²) in [4.78, 5) is 34.7. The Morgan fingerprint density at radius 1 is 1.05 bits per heavy atom. The van der Waals surface area contributed by atoms with Gasteiger partial charge in [0, 0.05) is 0 Å². The maximum Gasteiger partial charge on any atom is 0.328 e. The van der Waals surface area contributed by atoms with Crippen LogP contribution in [-0.2, 0) is 0 Å². The molecule has 1 heterocycles. The van der Waals surface area contributed by atoms with Crippen molar-refractivity contribution in [1.82, 2.24) is 20.4 Å². The van der Waals surface area contributed by atoms with E-state index in [1.165, 1.54) is 0 Å². The van der Waals surface area contributed by atoms with E-state index in [-0.39, 0.29) is 0 Å². The molecule has 0 fully saturated rings. The topological polar surface area (TPSA) is 208 Å². The molecule has 114 valence electrons. The average Bonchev–Trinajstić information content (AvgIpc) is 2.83. The highest BCUT2D eigenvalue weighted by atomic mass is 16.7. The first kappa shape index (κ1) is 14.5. The van der Waals surface area contributed by atoms with Crippen molar-refractivity contribution in [2.24, 2.45) is 0 Å². The van der Waals surface area contributed by atoms with E-state index in [9.17, 15) is 30.3 Å². The predicted octanol–water partition coefficient (Wildman–Crippen LogP) is -0.178. The van der Waals surface area contributed by atoms with Crippen molar-refractivity contribution in [3.05, 3.63) is 42.5 Å². The molecule has 0 atom stereocenters. The summed E-state index contributed by atoms with van der Waals surface area (Å²) in [6, 6.07) is 1.01. The van der Waals surface area contributed by atoms with Gasteiger partial charge >= 0.3 is 17.1 Å². The Bertz CT molecular complexity index is 750. The second-order valence-corrected chi connectivity index (χ2v) is 3.59. The van der Waals surface area contributed by atoms with Gasteiger partial charge in [-0.25, -0.2) is 0 Å². The van der Waals surface area contributed by atoms with Gasteiger partial charge in [-0.05, 0) is 15.3 Å². The fourth-order valence-electron chi connectivity index (χ4n) is 1.39. The van der Waals surface area contributed by atoms with Crippen LogP contribution in [0.1, 0.15) is 0 Å². The van der Waals surface area contributed by atoms with Crippen LogP contribution in [0.25, 0.3) is 0 Å². The fourth-order valence-corrected chi connectivity index (χ4v) is 1.39. The van der Waals surface area contributed by atoms with Crippen molar-refractivity contribution in [3.8, 4) is 5.75 Å². The SMILES string of the molecule is Nc1nnnn1Oc1c([N+](=O)[O-])cc([N+](=O)[O-])cc1[N+](=O)[O-]. The molecule has 0 unspecified atom stereocenters. The number of anilines is 1. The molecule has 0 saturated heterocycles. The summed E-state index contributed by atoms with van der Waals surface area (Å²) in [5.41, 5.74) is 2.39. The van der Waals surface area contributed by atoms with Gasteiger partial charge in [0.25, 0.3) is 11.6 Å². The van der Waals surface area contributed by atoms with E-state index in [0.717, 1.165) is 0 Å². The fraction of sp³-hybridized carbons (Fsp3) is 0. The number of hydrogen-bond donors (Lipinski definition) is 1. The van der Waals surface area contributed by atoms with Gasteiger partial charge in [0.05, 0.1) is 26.9 Å². The van der Waals surface area contributed by atoms with E-state index in [1.807, 2.05) is 0 Å². The zero-order valence-corrected chi connectivity index (χ0v) is 10.2. The second kappa shape index (κ2) is 5.23. The molecule has 0 bridgehead atoms. The lowest BCUT2D eigenvalue weighted by Crippen LogP contribution is -2.13. The van der Waals surface area contributed by atoms with Crippen LogP contribution in [0.3, 0.4) is 0 Å². The number of nitro benzene ring substituents is 3. The van der Waals surface area contributed by atoms with Gasteiger partial charge < -0.3 is 10.6 Å². The summed E-state index contributed by atoms with van der Waals surface area (Å²) in [5, 5.41) is 42.1. The molecule has 15 nitrogen and oxygen atoms in total. The Balaban J connectivity index is 2.68. The molecular formula is C7H4N8O7. The number of non-ortho nitro benzene ring substituents is 1. The molecule has 0 aliphatic heterocycles. The number of tetrazole rings is 1. The Morgan fingerprint density at radius 3 is 1.95 bits per heavy atom. The highest BCUT2D eigenvalue weighted by Crippen LogP contribution is 2.40. The molecule has 2 N–H and O–H groups in total. The lowest BCUT2D eigenvalue weighted by Gasteiger charge is -2.05. The van der Waals surface area contributed by atoms with Crippen LogP contribution in [0.5, 0.6) is 5.75 Å². The smallest absolute Gasteiger partial charge is 0.328 e. The summed E-state index contributed by atoms with van der Waals surface area (Å²) >= 11 is 0. The molecule has 1 aromatic carbocycles. The third-order valence-electron chi connectivity index (χ3n) is 2.28. The molecule has 2 aromatic rings. The van der Waals surface area contributed by atoms with Crippen molar-refractivity contribution < 1.29 is 19.6 Å². The predicted molar refractivity (Wildman–Crippen MR) is 64.7 cm³/mol. The first-order valence-corrected chi connectivity index (χ1v) is 5.14. The lowest BCUT2D eigenvalue weighted by atomic mass is 10.2. The Morgan fingerprint density at radius 2 is 1.59 bits per heavy atom. The maximum absolute atomic E-state index is 11.0. The van der Waals surface area contributed by atoms with E-state index in [2.05, 4.69) is 15.5 Å². The normalized spacial score (nSPS) is 10.2. The summed E-state index contributed by atoms with van der Waals surface area (Å²) in [6.45, 7) is 0. The third kappa shape index (κ3) is 2.53. The van der Waals surface area contributed by atoms with Gasteiger partial charge in [0.2, 0.25) is 0 Å². The molecule has 2 rings (SSSR count). The van der Waals surface area contributed by atoms with E-state index in [1.54, 1.807) is 0 Å². The first-order valence-electron chi connectivity index (χ1n) is 5.14. The number of nitrogens with two attached hydrogens (primary N) is 1. The number of nitrogens with zero attached hydrogens (tertiary/aromatic N) is 7. The van der Waals surface area contributed by atoms with Gasteiger partial charge in [-0.15, -0.1) is 0 Å². The monoisotopic (exact) mass is 312 g/mol. The second-order valence-electron chi connectivity index (χ2n) is 3.59. The van der Waals surface area contributed by atoms with Crippen LogP contribution >= 0.6 is 0 Å². The molecule has 0 aliphatic carbocycles. The number of nitrogen functional groups attached to an aromatic ring is 1. The lowest BCUT2D eigenvalue weighted by molar-refractivity contribution is -0.404. The van der Waals surface area contributed by atoms with Crippen LogP contribution in [0, 0.1) is 30.3 Å². The minimum atomic E-state index is -1.09. The minimum absolute atomic E-state index is 0.390. The van der Waals surface area contributed by atoms with E-state index in [4.69, 9.17) is 10.6 Å². The molecule has 0 saturated carbocycles. The number of benzene rings is 1. The van der Waals surface area contributed by atoms with Crippen molar-refractivity contribution >= 4 is 23.0 Å². The Labute approximate surface area is 118 Å². The zero-order valence-electron chi connectivity index (χ0n) is 10.2. The highest BCUT2D eigenvalue weighted by Gasteiger charge is 2.33. The van der Waals surface area contributed by atoms with Gasteiger partial charge in [-0.3, -0.25) is 30.3 Å². The van der Waals surface area contributed by atoms with Crippen molar-refractivity contribution in [3.63, 3.8) is 0 Å². The Kier molecular flexibility index (Phi) is 3.45. The van der Waals surface area contributed by atoms with Gasteiger partial charge in [-0.1, -0.05) is 5.10 Å². The Hall–Kier alpha value is -3.91. The van der Waals surface area contributed by atoms with Crippen LogP contribution in [0.4, 0.5) is 23.0 Å². The molecular weight excluding hydrogens is 308 g/mol. The first-order chi connectivity index (χ1) is 10.3. The number of nitro groups is 3. The van der Waals surface area contributed by atoms with Crippen LogP contribution in [-0.4, -0.2) is 35.1 Å². The standard InChI is InChI=1S/C7H4N8O7/c8-7-9-10-11-12(7)22-6-4(14(18)19)1-3(13(16)17)2-5(6)15(20)21/h1-2H,(H2,8,9,11). The van der Waals surface area contributed by atoms with Gasteiger partial charge in [0.1, 0.15) is 0 Å². The molecule has 22 heavy (non-hydrogen) atoms. The third-order valence-corrected chi connectivity index (χ3v) is 2.28. The molecule has 0 amide bonds. The summed E-state index contributed by atoms with van der Waals surface area (Å²) in [6.07, 6.45) is 0. The van der Waals surface area contributed by atoms with E-state index in [0.29, 0.717) is 17.0 Å². The minimum Gasteiger partial charge on any atom is -0.364 e. The van der Waals surface area contributed by atoms with Crippen molar-refractivity contribution in [1.29, 1.82) is 0 Å². The molecule has 0 spiro atoms. The molecule has 0 aliphatic rings. The summed E-state index contributed by atoms with van der Waals surface area (Å²) < 4.78 is 0. The molecule has 0 radical (unpaired) electrons. The number of aromatic nitrogens is 4. The van der Waals surface area contributed by atoms with Crippen molar-refractivity contribution in [2.75, 3.05) is 5.73 Å².